The SMILES string of the molecule is CCNC(COCC)Cc1ccsc1. The van der Waals surface area contributed by atoms with Crippen molar-refractivity contribution in [1.82, 2.24) is 5.32 Å². The Morgan fingerprint density at radius 1 is 1.50 bits per heavy atom. The summed E-state index contributed by atoms with van der Waals surface area (Å²) in [6.07, 6.45) is 1.07. The Hall–Kier alpha value is -0.380. The minimum atomic E-state index is 0.453. The third kappa shape index (κ3) is 4.22. The quantitative estimate of drug-likeness (QED) is 0.750. The van der Waals surface area contributed by atoms with Crippen LogP contribution in [0.1, 0.15) is 19.4 Å². The smallest absolute Gasteiger partial charge is 0.0622 e. The van der Waals surface area contributed by atoms with E-state index in [1.807, 2.05) is 6.92 Å². The average Bonchev–Trinajstić information content (AvgIpc) is 2.67. The molecule has 1 heterocycles. The summed E-state index contributed by atoms with van der Waals surface area (Å²) in [7, 11) is 0. The molecule has 0 saturated heterocycles. The first kappa shape index (κ1) is 11.7. The second kappa shape index (κ2) is 6.98. The molecule has 0 radical (unpaired) electrons. The van der Waals surface area contributed by atoms with Crippen LogP contribution in [0.4, 0.5) is 0 Å². The van der Waals surface area contributed by atoms with E-state index < -0.39 is 0 Å². The van der Waals surface area contributed by atoms with Gasteiger partial charge in [-0.2, -0.15) is 11.3 Å². The summed E-state index contributed by atoms with van der Waals surface area (Å²) in [4.78, 5) is 0. The van der Waals surface area contributed by atoms with E-state index >= 15 is 0 Å². The van der Waals surface area contributed by atoms with Gasteiger partial charge in [-0.1, -0.05) is 6.92 Å². The van der Waals surface area contributed by atoms with Crippen LogP contribution >= 0.6 is 11.3 Å². The van der Waals surface area contributed by atoms with Gasteiger partial charge in [-0.3, -0.25) is 0 Å². The molecule has 0 bridgehead atoms. The van der Waals surface area contributed by atoms with Gasteiger partial charge in [0.15, 0.2) is 0 Å². The number of hydrogen-bond acceptors (Lipinski definition) is 3. The van der Waals surface area contributed by atoms with Crippen molar-refractivity contribution in [2.45, 2.75) is 26.3 Å². The monoisotopic (exact) mass is 213 g/mol. The minimum Gasteiger partial charge on any atom is -0.380 e. The highest BCUT2D eigenvalue weighted by atomic mass is 32.1. The summed E-state index contributed by atoms with van der Waals surface area (Å²) in [5.74, 6) is 0. The molecule has 1 aromatic rings. The van der Waals surface area contributed by atoms with Crippen molar-refractivity contribution < 1.29 is 4.74 Å². The zero-order valence-corrected chi connectivity index (χ0v) is 9.77. The highest BCUT2D eigenvalue weighted by molar-refractivity contribution is 7.07. The fraction of sp³-hybridized carbons (Fsp3) is 0.636. The molecule has 0 spiro atoms. The van der Waals surface area contributed by atoms with E-state index in [-0.39, 0.29) is 0 Å². The third-order valence-electron chi connectivity index (χ3n) is 2.08. The second-order valence-electron chi connectivity index (χ2n) is 3.25. The van der Waals surface area contributed by atoms with Crippen LogP contribution in [-0.4, -0.2) is 25.8 Å². The lowest BCUT2D eigenvalue weighted by Gasteiger charge is -2.16. The van der Waals surface area contributed by atoms with E-state index in [0.717, 1.165) is 26.2 Å². The zero-order valence-electron chi connectivity index (χ0n) is 8.95. The van der Waals surface area contributed by atoms with Crippen LogP contribution in [0.15, 0.2) is 16.8 Å². The standard InChI is InChI=1S/C11H19NOS/c1-3-12-11(8-13-4-2)7-10-5-6-14-9-10/h5-6,9,11-12H,3-4,7-8H2,1-2H3. The van der Waals surface area contributed by atoms with E-state index in [2.05, 4.69) is 29.1 Å². The Bertz CT molecular complexity index is 223. The number of thiophene rings is 1. The lowest BCUT2D eigenvalue weighted by molar-refractivity contribution is 0.123. The summed E-state index contributed by atoms with van der Waals surface area (Å²) in [6, 6.07) is 2.63. The van der Waals surface area contributed by atoms with E-state index in [9.17, 15) is 0 Å². The first-order valence-corrected chi connectivity index (χ1v) is 6.13. The molecule has 0 aliphatic heterocycles. The van der Waals surface area contributed by atoms with Gasteiger partial charge in [-0.05, 0) is 42.3 Å². The topological polar surface area (TPSA) is 21.3 Å². The van der Waals surface area contributed by atoms with Gasteiger partial charge >= 0.3 is 0 Å². The normalized spacial score (nSPS) is 13.0. The largest absolute Gasteiger partial charge is 0.380 e. The van der Waals surface area contributed by atoms with Crippen LogP contribution in [-0.2, 0) is 11.2 Å². The van der Waals surface area contributed by atoms with Gasteiger partial charge in [-0.25, -0.2) is 0 Å². The number of rotatable bonds is 7. The van der Waals surface area contributed by atoms with Gasteiger partial charge in [0.2, 0.25) is 0 Å². The molecule has 1 aromatic heterocycles. The van der Waals surface area contributed by atoms with Gasteiger partial charge in [-0.15, -0.1) is 0 Å². The molecule has 1 unspecified atom stereocenters. The van der Waals surface area contributed by atoms with Crippen molar-refractivity contribution in [2.24, 2.45) is 0 Å². The summed E-state index contributed by atoms with van der Waals surface area (Å²) < 4.78 is 5.44. The average molecular weight is 213 g/mol. The van der Waals surface area contributed by atoms with Gasteiger partial charge < -0.3 is 10.1 Å². The zero-order chi connectivity index (χ0) is 10.2. The molecular weight excluding hydrogens is 194 g/mol. The molecule has 1 N–H and O–H groups in total. The van der Waals surface area contributed by atoms with Crippen LogP contribution in [0.25, 0.3) is 0 Å². The molecule has 0 aliphatic rings. The Labute approximate surface area is 90.3 Å². The Morgan fingerprint density at radius 2 is 2.36 bits per heavy atom. The van der Waals surface area contributed by atoms with Crippen molar-refractivity contribution >= 4 is 11.3 Å². The first-order valence-electron chi connectivity index (χ1n) is 5.19. The van der Waals surface area contributed by atoms with Crippen molar-refractivity contribution in [3.8, 4) is 0 Å². The van der Waals surface area contributed by atoms with Crippen molar-refractivity contribution in [3.63, 3.8) is 0 Å². The first-order chi connectivity index (χ1) is 6.86. The molecule has 0 aromatic carbocycles. The van der Waals surface area contributed by atoms with Gasteiger partial charge in [0.05, 0.1) is 6.61 Å². The molecule has 14 heavy (non-hydrogen) atoms. The molecule has 1 rings (SSSR count). The molecule has 0 fully saturated rings. The fourth-order valence-electron chi connectivity index (χ4n) is 1.43. The molecule has 3 heteroatoms. The Kier molecular flexibility index (Phi) is 5.83. The molecule has 0 aliphatic carbocycles. The summed E-state index contributed by atoms with van der Waals surface area (Å²) in [5.41, 5.74) is 1.40. The van der Waals surface area contributed by atoms with Crippen LogP contribution < -0.4 is 5.32 Å². The molecule has 1 atom stereocenters. The molecule has 0 saturated carbocycles. The fourth-order valence-corrected chi connectivity index (χ4v) is 2.11. The number of ether oxygens (including phenoxy) is 1. The van der Waals surface area contributed by atoms with Gasteiger partial charge in [0.1, 0.15) is 0 Å². The van der Waals surface area contributed by atoms with Crippen molar-refractivity contribution in [1.29, 1.82) is 0 Å². The van der Waals surface area contributed by atoms with Gasteiger partial charge in [0, 0.05) is 12.6 Å². The summed E-state index contributed by atoms with van der Waals surface area (Å²) in [5, 5.41) is 7.76. The lowest BCUT2D eigenvalue weighted by Crippen LogP contribution is -2.35. The van der Waals surface area contributed by atoms with Crippen LogP contribution in [0, 0.1) is 0 Å². The van der Waals surface area contributed by atoms with Crippen LogP contribution in [0.2, 0.25) is 0 Å². The molecule has 0 amide bonds. The highest BCUT2D eigenvalue weighted by Gasteiger charge is 2.08. The maximum Gasteiger partial charge on any atom is 0.0622 e. The van der Waals surface area contributed by atoms with Crippen LogP contribution in [0.3, 0.4) is 0 Å². The summed E-state index contributed by atoms with van der Waals surface area (Å²) in [6.45, 7) is 6.77. The number of likely N-dealkylation sites (N-methyl/N-ethyl adjacent to an activating group) is 1. The van der Waals surface area contributed by atoms with E-state index in [0.29, 0.717) is 6.04 Å². The van der Waals surface area contributed by atoms with E-state index in [4.69, 9.17) is 4.74 Å². The molecular formula is C11H19NOS. The van der Waals surface area contributed by atoms with Gasteiger partial charge in [0.25, 0.3) is 0 Å². The highest BCUT2D eigenvalue weighted by Crippen LogP contribution is 2.08. The van der Waals surface area contributed by atoms with Crippen LogP contribution in [0.5, 0.6) is 0 Å². The maximum atomic E-state index is 5.44. The predicted molar refractivity (Wildman–Crippen MR) is 62.0 cm³/mol. The summed E-state index contributed by atoms with van der Waals surface area (Å²) >= 11 is 1.75. The van der Waals surface area contributed by atoms with Crippen molar-refractivity contribution in [2.75, 3.05) is 19.8 Å². The Balaban J connectivity index is 2.34. The number of nitrogens with one attached hydrogen (secondary N) is 1. The second-order valence-corrected chi connectivity index (χ2v) is 4.03. The lowest BCUT2D eigenvalue weighted by atomic mass is 10.1. The van der Waals surface area contributed by atoms with Crippen molar-refractivity contribution in [3.05, 3.63) is 22.4 Å². The number of hydrogen-bond donors (Lipinski definition) is 1. The Morgan fingerprint density at radius 3 is 2.93 bits per heavy atom. The maximum absolute atomic E-state index is 5.44. The van der Waals surface area contributed by atoms with E-state index in [1.165, 1.54) is 5.56 Å². The minimum absolute atomic E-state index is 0.453. The third-order valence-corrected chi connectivity index (χ3v) is 2.81. The predicted octanol–water partition coefficient (Wildman–Crippen LogP) is 2.31. The molecule has 2 nitrogen and oxygen atoms in total. The molecule has 80 valence electrons. The van der Waals surface area contributed by atoms with E-state index in [1.54, 1.807) is 11.3 Å².